The minimum atomic E-state index is -4.64. The molecular weight excluding hydrogens is 337 g/mol. The van der Waals surface area contributed by atoms with E-state index in [-0.39, 0.29) is 17.7 Å². The summed E-state index contributed by atoms with van der Waals surface area (Å²) in [5.41, 5.74) is -2.42. The number of morpholine rings is 1. The van der Waals surface area contributed by atoms with Crippen LogP contribution in [0.5, 0.6) is 0 Å². The van der Waals surface area contributed by atoms with Crippen LogP contribution in [0.2, 0.25) is 0 Å². The number of ketones is 1. The Hall–Kier alpha value is -1.67. The molecule has 8 heteroatoms. The van der Waals surface area contributed by atoms with Crippen molar-refractivity contribution >= 4 is 5.78 Å². The maximum atomic E-state index is 13.2. The lowest BCUT2D eigenvalue weighted by Crippen LogP contribution is -2.48. The summed E-state index contributed by atoms with van der Waals surface area (Å²) in [4.78, 5) is 25.8. The summed E-state index contributed by atoms with van der Waals surface area (Å²) in [6.45, 7) is 7.51. The highest BCUT2D eigenvalue weighted by atomic mass is 19.4. The van der Waals surface area contributed by atoms with Crippen molar-refractivity contribution in [1.82, 2.24) is 9.47 Å². The molecule has 1 fully saturated rings. The standard InChI is InChI=1S/C17H23F3N2O3/c1-12(23)13-5-6-14(17(18,19)20)22(15(13)24)8-4-7-21-9-10-25-16(2,3)11-21/h5-6H,4,7-11H2,1-3H3. The average molecular weight is 360 g/mol. The average Bonchev–Trinajstić information content (AvgIpc) is 2.46. The highest BCUT2D eigenvalue weighted by Crippen LogP contribution is 2.28. The van der Waals surface area contributed by atoms with E-state index in [1.807, 2.05) is 13.8 Å². The van der Waals surface area contributed by atoms with Gasteiger partial charge in [0.05, 0.1) is 17.8 Å². The normalized spacial score (nSPS) is 18.3. The summed E-state index contributed by atoms with van der Waals surface area (Å²) in [7, 11) is 0. The monoisotopic (exact) mass is 360 g/mol. The van der Waals surface area contributed by atoms with Gasteiger partial charge in [-0.05, 0) is 39.3 Å². The van der Waals surface area contributed by atoms with E-state index >= 15 is 0 Å². The summed E-state index contributed by atoms with van der Waals surface area (Å²) in [5, 5.41) is 0. The number of nitrogens with zero attached hydrogens (tertiary/aromatic N) is 2. The van der Waals surface area contributed by atoms with Crippen LogP contribution in [0.15, 0.2) is 16.9 Å². The quantitative estimate of drug-likeness (QED) is 0.758. The first-order valence-electron chi connectivity index (χ1n) is 8.19. The lowest BCUT2D eigenvalue weighted by molar-refractivity contribution is -0.144. The number of alkyl halides is 3. The first-order chi connectivity index (χ1) is 11.5. The van der Waals surface area contributed by atoms with Gasteiger partial charge in [-0.1, -0.05) is 0 Å². The number of pyridine rings is 1. The molecule has 1 aliphatic rings. The Balaban J connectivity index is 2.16. The zero-order valence-corrected chi connectivity index (χ0v) is 14.7. The molecule has 140 valence electrons. The Kier molecular flexibility index (Phi) is 5.73. The van der Waals surface area contributed by atoms with Crippen molar-refractivity contribution in [3.63, 3.8) is 0 Å². The second-order valence-electron chi connectivity index (χ2n) is 6.88. The van der Waals surface area contributed by atoms with Crippen LogP contribution in [-0.4, -0.2) is 47.1 Å². The van der Waals surface area contributed by atoms with E-state index in [1.54, 1.807) is 0 Å². The van der Waals surface area contributed by atoms with E-state index in [0.717, 1.165) is 12.1 Å². The van der Waals surface area contributed by atoms with Crippen LogP contribution in [0.1, 0.15) is 43.2 Å². The second kappa shape index (κ2) is 7.29. The minimum absolute atomic E-state index is 0.0907. The zero-order chi connectivity index (χ0) is 18.8. The number of hydrogen-bond acceptors (Lipinski definition) is 4. The lowest BCUT2D eigenvalue weighted by atomic mass is 10.1. The van der Waals surface area contributed by atoms with Gasteiger partial charge < -0.3 is 9.30 Å². The van der Waals surface area contributed by atoms with E-state index in [1.165, 1.54) is 6.92 Å². The Labute approximate surface area is 144 Å². The second-order valence-corrected chi connectivity index (χ2v) is 6.88. The topological polar surface area (TPSA) is 51.5 Å². The molecule has 0 aromatic carbocycles. The predicted octanol–water partition coefficient (Wildman–Crippen LogP) is 2.57. The van der Waals surface area contributed by atoms with Crippen molar-refractivity contribution in [1.29, 1.82) is 0 Å². The molecule has 5 nitrogen and oxygen atoms in total. The van der Waals surface area contributed by atoms with E-state index in [9.17, 15) is 22.8 Å². The number of hydrogen-bond donors (Lipinski definition) is 0. The largest absolute Gasteiger partial charge is 0.431 e. The minimum Gasteiger partial charge on any atom is -0.373 e. The van der Waals surface area contributed by atoms with Gasteiger partial charge in [-0.2, -0.15) is 13.2 Å². The van der Waals surface area contributed by atoms with Gasteiger partial charge in [0.2, 0.25) is 0 Å². The third-order valence-electron chi connectivity index (χ3n) is 4.20. The van der Waals surface area contributed by atoms with Gasteiger partial charge in [0, 0.05) is 26.2 Å². The first kappa shape index (κ1) is 19.7. The van der Waals surface area contributed by atoms with Gasteiger partial charge in [0.15, 0.2) is 5.78 Å². The number of rotatable bonds is 5. The van der Waals surface area contributed by atoms with Crippen LogP contribution in [0.25, 0.3) is 0 Å². The Morgan fingerprint density at radius 2 is 1.96 bits per heavy atom. The molecule has 1 aromatic rings. The third-order valence-corrected chi connectivity index (χ3v) is 4.20. The molecule has 0 amide bonds. The molecule has 1 aliphatic heterocycles. The van der Waals surface area contributed by atoms with Crippen LogP contribution in [-0.2, 0) is 17.5 Å². The summed E-state index contributed by atoms with van der Waals surface area (Å²) in [6.07, 6.45) is -4.27. The van der Waals surface area contributed by atoms with Crippen molar-refractivity contribution in [2.45, 2.75) is 45.5 Å². The van der Waals surface area contributed by atoms with Crippen molar-refractivity contribution in [3.05, 3.63) is 33.7 Å². The molecule has 1 saturated heterocycles. The highest BCUT2D eigenvalue weighted by Gasteiger charge is 2.35. The van der Waals surface area contributed by atoms with E-state index in [4.69, 9.17) is 4.74 Å². The van der Waals surface area contributed by atoms with Crippen LogP contribution in [0.4, 0.5) is 13.2 Å². The molecule has 2 rings (SSSR count). The van der Waals surface area contributed by atoms with E-state index < -0.39 is 23.2 Å². The van der Waals surface area contributed by atoms with Gasteiger partial charge in [0.25, 0.3) is 5.56 Å². The summed E-state index contributed by atoms with van der Waals surface area (Å²) < 4.78 is 45.8. The van der Waals surface area contributed by atoms with Crippen LogP contribution < -0.4 is 5.56 Å². The number of carbonyl (C=O) groups is 1. The van der Waals surface area contributed by atoms with Crippen LogP contribution in [0.3, 0.4) is 0 Å². The number of halogens is 3. The molecule has 0 unspecified atom stereocenters. The van der Waals surface area contributed by atoms with Gasteiger partial charge in [-0.15, -0.1) is 0 Å². The molecule has 25 heavy (non-hydrogen) atoms. The van der Waals surface area contributed by atoms with E-state index in [0.29, 0.717) is 37.2 Å². The number of carbonyl (C=O) groups excluding carboxylic acids is 1. The number of Topliss-reactive ketones (excluding diaryl/α,β-unsaturated/α-hetero) is 1. The van der Waals surface area contributed by atoms with Crippen molar-refractivity contribution in [2.24, 2.45) is 0 Å². The Morgan fingerprint density at radius 1 is 1.28 bits per heavy atom. The van der Waals surface area contributed by atoms with Crippen LogP contribution in [0, 0.1) is 0 Å². The lowest BCUT2D eigenvalue weighted by Gasteiger charge is -2.38. The molecule has 0 N–H and O–H groups in total. The molecule has 0 aliphatic carbocycles. The number of aromatic nitrogens is 1. The fourth-order valence-corrected chi connectivity index (χ4v) is 3.07. The van der Waals surface area contributed by atoms with Crippen molar-refractivity contribution < 1.29 is 22.7 Å². The molecule has 0 atom stereocenters. The molecule has 0 spiro atoms. The van der Waals surface area contributed by atoms with Crippen molar-refractivity contribution in [2.75, 3.05) is 26.2 Å². The van der Waals surface area contributed by atoms with Gasteiger partial charge in [-0.3, -0.25) is 14.5 Å². The maximum absolute atomic E-state index is 13.2. The molecule has 1 aromatic heterocycles. The zero-order valence-electron chi connectivity index (χ0n) is 14.7. The summed E-state index contributed by atoms with van der Waals surface area (Å²) in [5.74, 6) is -0.539. The van der Waals surface area contributed by atoms with Gasteiger partial charge in [-0.25, -0.2) is 0 Å². The van der Waals surface area contributed by atoms with E-state index in [2.05, 4.69) is 4.90 Å². The fraction of sp³-hybridized carbons (Fsp3) is 0.647. The predicted molar refractivity (Wildman–Crippen MR) is 86.8 cm³/mol. The summed E-state index contributed by atoms with van der Waals surface area (Å²) in [6, 6.07) is 1.75. The first-order valence-corrected chi connectivity index (χ1v) is 8.19. The molecule has 2 heterocycles. The Bertz CT molecular complexity index is 695. The summed E-state index contributed by atoms with van der Waals surface area (Å²) >= 11 is 0. The Morgan fingerprint density at radius 3 is 2.52 bits per heavy atom. The molecule has 0 saturated carbocycles. The fourth-order valence-electron chi connectivity index (χ4n) is 3.07. The van der Waals surface area contributed by atoms with Gasteiger partial charge >= 0.3 is 6.18 Å². The molecular formula is C17H23F3N2O3. The molecule has 0 radical (unpaired) electrons. The third kappa shape index (κ3) is 4.92. The maximum Gasteiger partial charge on any atom is 0.431 e. The smallest absolute Gasteiger partial charge is 0.373 e. The van der Waals surface area contributed by atoms with Crippen molar-refractivity contribution in [3.8, 4) is 0 Å². The SMILES string of the molecule is CC(=O)c1ccc(C(F)(F)F)n(CCCN2CCOC(C)(C)C2)c1=O. The van der Waals surface area contributed by atoms with Crippen LogP contribution >= 0.6 is 0 Å². The highest BCUT2D eigenvalue weighted by molar-refractivity contribution is 5.93. The number of ether oxygens (including phenoxy) is 1. The molecule has 0 bridgehead atoms. The van der Waals surface area contributed by atoms with Gasteiger partial charge in [0.1, 0.15) is 5.69 Å².